The molecule has 1 aromatic heterocycles. The number of rotatable bonds is 6. The molecule has 6 nitrogen and oxygen atoms in total. The zero-order valence-electron chi connectivity index (χ0n) is 16.2. The molecule has 1 aliphatic heterocycles. The van der Waals surface area contributed by atoms with E-state index in [0.717, 1.165) is 50.3 Å². The number of alkyl carbamates (subject to hydrolysis) is 1. The van der Waals surface area contributed by atoms with Crippen LogP contribution in [0.15, 0.2) is 12.1 Å². The van der Waals surface area contributed by atoms with Crippen molar-refractivity contribution in [2.24, 2.45) is 0 Å². The number of carbonyl (C=O) groups is 1. The van der Waals surface area contributed by atoms with E-state index in [-0.39, 0.29) is 12.1 Å². The molecule has 0 aromatic carbocycles. The molecule has 7 heteroatoms. The van der Waals surface area contributed by atoms with Gasteiger partial charge < -0.3 is 19.7 Å². The average molecular weight is 384 g/mol. The highest BCUT2D eigenvalue weighted by molar-refractivity contribution is 6.29. The number of hydrogen-bond donors (Lipinski definition) is 1. The fourth-order valence-electron chi connectivity index (χ4n) is 2.77. The van der Waals surface area contributed by atoms with Gasteiger partial charge in [-0.05, 0) is 40.0 Å². The molecule has 2 heterocycles. The Morgan fingerprint density at radius 1 is 1.35 bits per heavy atom. The number of unbranched alkanes of at least 4 members (excludes halogenated alkanes) is 1. The van der Waals surface area contributed by atoms with Crippen molar-refractivity contribution in [3.8, 4) is 5.75 Å². The normalized spacial score (nSPS) is 15.7. The maximum atomic E-state index is 11.9. The third-order valence-corrected chi connectivity index (χ3v) is 4.25. The van der Waals surface area contributed by atoms with Crippen molar-refractivity contribution in [1.29, 1.82) is 0 Å². The van der Waals surface area contributed by atoms with Crippen molar-refractivity contribution >= 4 is 23.5 Å². The van der Waals surface area contributed by atoms with Gasteiger partial charge in [0.15, 0.2) is 0 Å². The molecule has 1 amide bonds. The summed E-state index contributed by atoms with van der Waals surface area (Å²) in [5, 5.41) is 3.38. The van der Waals surface area contributed by atoms with Gasteiger partial charge in [-0.15, -0.1) is 0 Å². The number of nitrogens with zero attached hydrogens (tertiary/aromatic N) is 2. The molecule has 0 bridgehead atoms. The lowest BCUT2D eigenvalue weighted by Crippen LogP contribution is -2.46. The van der Waals surface area contributed by atoms with E-state index in [1.54, 1.807) is 6.07 Å². The highest BCUT2D eigenvalue weighted by Gasteiger charge is 2.24. The van der Waals surface area contributed by atoms with Crippen molar-refractivity contribution in [2.45, 2.75) is 65.0 Å². The van der Waals surface area contributed by atoms with Gasteiger partial charge in [0.2, 0.25) is 0 Å². The third-order valence-electron chi connectivity index (χ3n) is 4.06. The standard InChI is InChI=1S/C19H30ClN3O3/c1-5-6-11-25-15-12-16(20)22-17(13-15)23-9-7-14(8-10-23)21-18(24)26-19(2,3)4/h12-14H,5-11H2,1-4H3,(H,21,24). The molecule has 146 valence electrons. The minimum atomic E-state index is -0.482. The minimum absolute atomic E-state index is 0.112. The van der Waals surface area contributed by atoms with Crippen molar-refractivity contribution in [1.82, 2.24) is 10.3 Å². The van der Waals surface area contributed by atoms with Crippen molar-refractivity contribution in [3.05, 3.63) is 17.3 Å². The molecule has 1 saturated heterocycles. The van der Waals surface area contributed by atoms with Crippen LogP contribution in [0, 0.1) is 0 Å². The second kappa shape index (κ2) is 9.31. The summed E-state index contributed by atoms with van der Waals surface area (Å²) in [6.45, 7) is 9.98. The summed E-state index contributed by atoms with van der Waals surface area (Å²) in [5.41, 5.74) is -0.482. The number of aromatic nitrogens is 1. The summed E-state index contributed by atoms with van der Waals surface area (Å²) >= 11 is 6.15. The highest BCUT2D eigenvalue weighted by atomic mass is 35.5. The maximum Gasteiger partial charge on any atom is 0.407 e. The quantitative estimate of drug-likeness (QED) is 0.582. The summed E-state index contributed by atoms with van der Waals surface area (Å²) in [5.74, 6) is 1.57. The molecule has 1 aromatic rings. The summed E-state index contributed by atoms with van der Waals surface area (Å²) < 4.78 is 11.1. The van der Waals surface area contributed by atoms with E-state index in [4.69, 9.17) is 21.1 Å². The van der Waals surface area contributed by atoms with E-state index in [1.165, 1.54) is 0 Å². The van der Waals surface area contributed by atoms with Crippen LogP contribution < -0.4 is 15.0 Å². The monoisotopic (exact) mass is 383 g/mol. The molecule has 2 rings (SSSR count). The van der Waals surface area contributed by atoms with Crippen LogP contribution in [0.2, 0.25) is 5.15 Å². The second-order valence-electron chi connectivity index (χ2n) is 7.59. The van der Waals surface area contributed by atoms with Gasteiger partial charge in [-0.25, -0.2) is 9.78 Å². The first-order valence-electron chi connectivity index (χ1n) is 9.31. The fourth-order valence-corrected chi connectivity index (χ4v) is 2.96. The van der Waals surface area contributed by atoms with Gasteiger partial charge in [0.05, 0.1) is 6.61 Å². The van der Waals surface area contributed by atoms with Crippen LogP contribution in [0.5, 0.6) is 5.75 Å². The average Bonchev–Trinajstić information content (AvgIpc) is 2.53. The summed E-state index contributed by atoms with van der Waals surface area (Å²) in [6, 6.07) is 3.79. The summed E-state index contributed by atoms with van der Waals surface area (Å²) in [4.78, 5) is 18.5. The number of halogens is 1. The largest absolute Gasteiger partial charge is 0.493 e. The van der Waals surface area contributed by atoms with Crippen LogP contribution in [-0.2, 0) is 4.74 Å². The zero-order chi connectivity index (χ0) is 19.2. The Balaban J connectivity index is 1.88. The molecule has 26 heavy (non-hydrogen) atoms. The van der Waals surface area contributed by atoms with Crippen LogP contribution in [0.1, 0.15) is 53.4 Å². The van der Waals surface area contributed by atoms with E-state index >= 15 is 0 Å². The minimum Gasteiger partial charge on any atom is -0.493 e. The van der Waals surface area contributed by atoms with Crippen LogP contribution in [-0.4, -0.2) is 42.4 Å². The van der Waals surface area contributed by atoms with Crippen LogP contribution in [0.4, 0.5) is 10.6 Å². The lowest BCUT2D eigenvalue weighted by Gasteiger charge is -2.33. The van der Waals surface area contributed by atoms with Gasteiger partial charge in [0.25, 0.3) is 0 Å². The molecule has 0 spiro atoms. The number of carbonyl (C=O) groups excluding carboxylic acids is 1. The smallest absolute Gasteiger partial charge is 0.407 e. The highest BCUT2D eigenvalue weighted by Crippen LogP contribution is 2.26. The molecule has 0 saturated carbocycles. The number of anilines is 1. The second-order valence-corrected chi connectivity index (χ2v) is 7.98. The van der Waals surface area contributed by atoms with Crippen LogP contribution in [0.25, 0.3) is 0 Å². The van der Waals surface area contributed by atoms with Gasteiger partial charge >= 0.3 is 6.09 Å². The number of nitrogens with one attached hydrogen (secondary N) is 1. The molecule has 0 radical (unpaired) electrons. The fraction of sp³-hybridized carbons (Fsp3) is 0.684. The first-order chi connectivity index (χ1) is 12.3. The van der Waals surface area contributed by atoms with E-state index < -0.39 is 5.60 Å². The lowest BCUT2D eigenvalue weighted by molar-refractivity contribution is 0.0497. The van der Waals surface area contributed by atoms with E-state index in [1.807, 2.05) is 26.8 Å². The van der Waals surface area contributed by atoms with Crippen molar-refractivity contribution < 1.29 is 14.3 Å². The van der Waals surface area contributed by atoms with Gasteiger partial charge in [0.1, 0.15) is 22.3 Å². The SMILES string of the molecule is CCCCOc1cc(Cl)nc(N2CCC(NC(=O)OC(C)(C)C)CC2)c1. The molecule has 1 fully saturated rings. The zero-order valence-corrected chi connectivity index (χ0v) is 16.9. The van der Waals surface area contributed by atoms with Crippen LogP contribution >= 0.6 is 11.6 Å². The van der Waals surface area contributed by atoms with Crippen molar-refractivity contribution in [2.75, 3.05) is 24.6 Å². The van der Waals surface area contributed by atoms with Crippen molar-refractivity contribution in [3.63, 3.8) is 0 Å². The topological polar surface area (TPSA) is 63.7 Å². The Kier molecular flexibility index (Phi) is 7.38. The maximum absolute atomic E-state index is 11.9. The van der Waals surface area contributed by atoms with E-state index in [0.29, 0.717) is 11.8 Å². The number of pyridine rings is 1. The predicted octanol–water partition coefficient (Wildman–Crippen LogP) is 4.41. The molecule has 0 atom stereocenters. The van der Waals surface area contributed by atoms with Gasteiger partial charge in [0, 0.05) is 31.3 Å². The van der Waals surface area contributed by atoms with Gasteiger partial charge in [-0.1, -0.05) is 24.9 Å². The van der Waals surface area contributed by atoms with Gasteiger partial charge in [-0.2, -0.15) is 0 Å². The number of amides is 1. The third kappa shape index (κ3) is 6.90. The number of ether oxygens (including phenoxy) is 2. The lowest BCUT2D eigenvalue weighted by atomic mass is 10.1. The molecule has 1 N–H and O–H groups in total. The Labute approximate surface area is 161 Å². The molecule has 1 aliphatic rings. The Morgan fingerprint density at radius 2 is 2.04 bits per heavy atom. The Hall–Kier alpha value is -1.69. The summed E-state index contributed by atoms with van der Waals surface area (Å²) in [7, 11) is 0. The number of hydrogen-bond acceptors (Lipinski definition) is 5. The molecular weight excluding hydrogens is 354 g/mol. The number of piperidine rings is 1. The van der Waals surface area contributed by atoms with Crippen LogP contribution in [0.3, 0.4) is 0 Å². The Morgan fingerprint density at radius 3 is 2.65 bits per heavy atom. The predicted molar refractivity (Wildman–Crippen MR) is 104 cm³/mol. The Bertz CT molecular complexity index is 596. The van der Waals surface area contributed by atoms with E-state index in [2.05, 4.69) is 22.1 Å². The van der Waals surface area contributed by atoms with E-state index in [9.17, 15) is 4.79 Å². The molecular formula is C19H30ClN3O3. The molecule has 0 unspecified atom stereocenters. The molecule has 0 aliphatic carbocycles. The first kappa shape index (κ1) is 20.6. The first-order valence-corrected chi connectivity index (χ1v) is 9.69. The summed E-state index contributed by atoms with van der Waals surface area (Å²) in [6.07, 6.45) is 3.41. The van der Waals surface area contributed by atoms with Gasteiger partial charge in [-0.3, -0.25) is 0 Å².